The van der Waals surface area contributed by atoms with Crippen LogP contribution in [0.2, 0.25) is 0 Å². The first kappa shape index (κ1) is 17.0. The van der Waals surface area contributed by atoms with E-state index in [1.807, 2.05) is 0 Å². The van der Waals surface area contributed by atoms with Crippen molar-refractivity contribution < 1.29 is 0 Å². The fourth-order valence-electron chi connectivity index (χ4n) is 2.27. The molecule has 0 heterocycles. The third-order valence-corrected chi connectivity index (χ3v) is 3.81. The van der Waals surface area contributed by atoms with Crippen LogP contribution in [0.25, 0.3) is 0 Å². The molecule has 0 N–H and O–H groups in total. The zero-order valence-electron chi connectivity index (χ0n) is 12.8. The van der Waals surface area contributed by atoms with Crippen molar-refractivity contribution in [1.82, 2.24) is 4.90 Å². The van der Waals surface area contributed by atoms with Crippen LogP contribution in [-0.2, 0) is 0 Å². The topological polar surface area (TPSA) is 3.24 Å². The molecular formula is C16H35N. The lowest BCUT2D eigenvalue weighted by molar-refractivity contribution is 0.196. The average molecular weight is 241 g/mol. The van der Waals surface area contributed by atoms with Gasteiger partial charge in [0.05, 0.1) is 0 Å². The van der Waals surface area contributed by atoms with Gasteiger partial charge in [0.25, 0.3) is 0 Å². The minimum atomic E-state index is 0.775. The van der Waals surface area contributed by atoms with Crippen molar-refractivity contribution in [2.45, 2.75) is 91.5 Å². The van der Waals surface area contributed by atoms with Gasteiger partial charge in [-0.3, -0.25) is 0 Å². The normalized spacial score (nSPS) is 13.2. The SMILES string of the molecule is CCCCCCCCN(CCCC)C(C)CC. The third kappa shape index (κ3) is 9.64. The quantitative estimate of drug-likeness (QED) is 0.422. The van der Waals surface area contributed by atoms with Crippen LogP contribution in [0.3, 0.4) is 0 Å². The molecule has 0 radical (unpaired) electrons. The molecule has 0 bridgehead atoms. The van der Waals surface area contributed by atoms with Crippen molar-refractivity contribution in [3.8, 4) is 0 Å². The van der Waals surface area contributed by atoms with Crippen LogP contribution in [0.1, 0.15) is 85.5 Å². The predicted molar refractivity (Wildman–Crippen MR) is 79.6 cm³/mol. The minimum absolute atomic E-state index is 0.775. The van der Waals surface area contributed by atoms with Crippen molar-refractivity contribution in [3.05, 3.63) is 0 Å². The zero-order chi connectivity index (χ0) is 12.9. The molecule has 0 fully saturated rings. The molecule has 1 nitrogen and oxygen atoms in total. The van der Waals surface area contributed by atoms with E-state index in [0.29, 0.717) is 0 Å². The summed E-state index contributed by atoms with van der Waals surface area (Å²) in [6, 6.07) is 0.775. The van der Waals surface area contributed by atoms with Gasteiger partial charge in [0, 0.05) is 6.04 Å². The molecule has 0 spiro atoms. The zero-order valence-corrected chi connectivity index (χ0v) is 12.8. The van der Waals surface area contributed by atoms with E-state index < -0.39 is 0 Å². The number of rotatable bonds is 12. The Hall–Kier alpha value is -0.0400. The van der Waals surface area contributed by atoms with Crippen molar-refractivity contribution in [2.24, 2.45) is 0 Å². The highest BCUT2D eigenvalue weighted by molar-refractivity contribution is 4.65. The average Bonchev–Trinajstić information content (AvgIpc) is 2.36. The maximum atomic E-state index is 2.70. The molecule has 1 unspecified atom stereocenters. The van der Waals surface area contributed by atoms with Crippen molar-refractivity contribution >= 4 is 0 Å². The molecule has 0 aliphatic heterocycles. The number of unbranched alkanes of at least 4 members (excludes halogenated alkanes) is 6. The molecule has 0 aliphatic carbocycles. The molecule has 1 heteroatoms. The highest BCUT2D eigenvalue weighted by Gasteiger charge is 2.10. The van der Waals surface area contributed by atoms with Gasteiger partial charge in [-0.1, -0.05) is 59.3 Å². The van der Waals surface area contributed by atoms with Crippen molar-refractivity contribution in [1.29, 1.82) is 0 Å². The van der Waals surface area contributed by atoms with E-state index in [1.54, 1.807) is 0 Å². The van der Waals surface area contributed by atoms with E-state index in [-0.39, 0.29) is 0 Å². The van der Waals surface area contributed by atoms with Crippen LogP contribution >= 0.6 is 0 Å². The summed E-state index contributed by atoms with van der Waals surface area (Å²) in [7, 11) is 0. The lowest BCUT2D eigenvalue weighted by Gasteiger charge is -2.28. The third-order valence-electron chi connectivity index (χ3n) is 3.81. The highest BCUT2D eigenvalue weighted by atomic mass is 15.1. The second-order valence-corrected chi connectivity index (χ2v) is 5.41. The summed E-state index contributed by atoms with van der Waals surface area (Å²) < 4.78 is 0. The first-order valence-corrected chi connectivity index (χ1v) is 8.00. The Bertz CT molecular complexity index is 144. The summed E-state index contributed by atoms with van der Waals surface area (Å²) in [5, 5.41) is 0. The van der Waals surface area contributed by atoms with Gasteiger partial charge in [0.15, 0.2) is 0 Å². The summed E-state index contributed by atoms with van der Waals surface area (Å²) in [6.07, 6.45) is 12.5. The van der Waals surface area contributed by atoms with Gasteiger partial charge < -0.3 is 4.90 Å². The molecule has 1 atom stereocenters. The first-order valence-electron chi connectivity index (χ1n) is 8.00. The van der Waals surface area contributed by atoms with Crippen LogP contribution in [0.5, 0.6) is 0 Å². The largest absolute Gasteiger partial charge is 0.301 e. The van der Waals surface area contributed by atoms with Crippen LogP contribution in [-0.4, -0.2) is 24.0 Å². The summed E-state index contributed by atoms with van der Waals surface area (Å²) in [5.74, 6) is 0. The Labute approximate surface area is 110 Å². The van der Waals surface area contributed by atoms with E-state index in [0.717, 1.165) is 6.04 Å². The molecule has 0 saturated carbocycles. The predicted octanol–water partition coefficient (Wildman–Crippen LogP) is 5.25. The lowest BCUT2D eigenvalue weighted by Crippen LogP contribution is -2.34. The van der Waals surface area contributed by atoms with Gasteiger partial charge in [-0.05, 0) is 39.3 Å². The van der Waals surface area contributed by atoms with Crippen molar-refractivity contribution in [3.63, 3.8) is 0 Å². The standard InChI is InChI=1S/C16H35N/c1-5-8-10-11-12-13-15-17(14-9-6-2)16(4)7-3/h16H,5-15H2,1-4H3. The van der Waals surface area contributed by atoms with E-state index in [4.69, 9.17) is 0 Å². The van der Waals surface area contributed by atoms with Crippen molar-refractivity contribution in [2.75, 3.05) is 13.1 Å². The highest BCUT2D eigenvalue weighted by Crippen LogP contribution is 2.10. The van der Waals surface area contributed by atoms with Crippen LogP contribution in [0.4, 0.5) is 0 Å². The maximum Gasteiger partial charge on any atom is 0.00643 e. The number of hydrogen-bond donors (Lipinski definition) is 0. The smallest absolute Gasteiger partial charge is 0.00643 e. The summed E-state index contributed by atoms with van der Waals surface area (Å²) >= 11 is 0. The molecule has 0 aromatic rings. The molecule has 0 rings (SSSR count). The van der Waals surface area contributed by atoms with Crippen LogP contribution < -0.4 is 0 Å². The van der Waals surface area contributed by atoms with Gasteiger partial charge >= 0.3 is 0 Å². The van der Waals surface area contributed by atoms with Crippen LogP contribution in [0.15, 0.2) is 0 Å². The molecule has 104 valence electrons. The van der Waals surface area contributed by atoms with Gasteiger partial charge in [-0.2, -0.15) is 0 Å². The van der Waals surface area contributed by atoms with Gasteiger partial charge in [0.1, 0.15) is 0 Å². The Balaban J connectivity index is 3.60. The lowest BCUT2D eigenvalue weighted by atomic mass is 10.1. The Morgan fingerprint density at radius 1 is 0.706 bits per heavy atom. The molecule has 0 amide bonds. The Morgan fingerprint density at radius 3 is 1.82 bits per heavy atom. The number of hydrogen-bond acceptors (Lipinski definition) is 1. The fraction of sp³-hybridized carbons (Fsp3) is 1.00. The second-order valence-electron chi connectivity index (χ2n) is 5.41. The van der Waals surface area contributed by atoms with E-state index in [9.17, 15) is 0 Å². The monoisotopic (exact) mass is 241 g/mol. The Morgan fingerprint density at radius 2 is 1.24 bits per heavy atom. The molecule has 0 aliphatic rings. The molecular weight excluding hydrogens is 206 g/mol. The molecule has 17 heavy (non-hydrogen) atoms. The Kier molecular flexibility index (Phi) is 12.4. The molecule has 0 saturated heterocycles. The summed E-state index contributed by atoms with van der Waals surface area (Å²) in [5.41, 5.74) is 0. The molecule has 0 aromatic carbocycles. The van der Waals surface area contributed by atoms with Gasteiger partial charge in [0.2, 0.25) is 0 Å². The van der Waals surface area contributed by atoms with E-state index in [1.165, 1.54) is 70.9 Å². The number of nitrogens with zero attached hydrogens (tertiary/aromatic N) is 1. The minimum Gasteiger partial charge on any atom is -0.301 e. The second kappa shape index (κ2) is 12.4. The van der Waals surface area contributed by atoms with Gasteiger partial charge in [-0.15, -0.1) is 0 Å². The summed E-state index contributed by atoms with van der Waals surface area (Å²) in [6.45, 7) is 11.9. The molecule has 0 aromatic heterocycles. The summed E-state index contributed by atoms with van der Waals surface area (Å²) in [4.78, 5) is 2.70. The first-order chi connectivity index (χ1) is 8.26. The van der Waals surface area contributed by atoms with E-state index in [2.05, 4.69) is 32.6 Å². The van der Waals surface area contributed by atoms with E-state index >= 15 is 0 Å². The fourth-order valence-corrected chi connectivity index (χ4v) is 2.27. The van der Waals surface area contributed by atoms with Crippen LogP contribution in [0, 0.1) is 0 Å². The van der Waals surface area contributed by atoms with Gasteiger partial charge in [-0.25, -0.2) is 0 Å². The maximum absolute atomic E-state index is 2.70.